The fourth-order valence-electron chi connectivity index (χ4n) is 3.98. The zero-order valence-electron chi connectivity index (χ0n) is 17.3. The largest absolute Gasteiger partial charge is 0.302 e. The van der Waals surface area contributed by atoms with Crippen LogP contribution in [0, 0.1) is 26.7 Å². The molecule has 1 fully saturated rings. The number of nitrogens with zero attached hydrogens (tertiary/aromatic N) is 2. The fourth-order valence-corrected chi connectivity index (χ4v) is 6.59. The van der Waals surface area contributed by atoms with Crippen LogP contribution in [0.1, 0.15) is 29.5 Å². The molecule has 1 saturated heterocycles. The van der Waals surface area contributed by atoms with E-state index < -0.39 is 10.0 Å². The van der Waals surface area contributed by atoms with Gasteiger partial charge in [-0.2, -0.15) is 4.31 Å². The van der Waals surface area contributed by atoms with E-state index in [1.807, 2.05) is 26.0 Å². The molecular weight excluding hydrogens is 418 g/mol. The van der Waals surface area contributed by atoms with Crippen molar-refractivity contribution in [2.45, 2.75) is 38.5 Å². The molecule has 0 atom stereocenters. The summed E-state index contributed by atoms with van der Waals surface area (Å²) < 4.78 is 28.5. The van der Waals surface area contributed by atoms with Crippen LogP contribution >= 0.6 is 11.3 Å². The van der Waals surface area contributed by atoms with Crippen molar-refractivity contribution < 1.29 is 13.2 Å². The first kappa shape index (κ1) is 21.0. The average molecular weight is 444 g/mol. The van der Waals surface area contributed by atoms with Crippen LogP contribution < -0.4 is 5.32 Å². The van der Waals surface area contributed by atoms with Crippen molar-refractivity contribution >= 4 is 42.6 Å². The summed E-state index contributed by atoms with van der Waals surface area (Å²) in [7, 11) is -3.54. The lowest BCUT2D eigenvalue weighted by Crippen LogP contribution is -2.41. The monoisotopic (exact) mass is 443 g/mol. The molecule has 0 bridgehead atoms. The Balaban J connectivity index is 1.42. The molecule has 1 N–H and O–H groups in total. The van der Waals surface area contributed by atoms with Crippen molar-refractivity contribution in [1.29, 1.82) is 0 Å². The van der Waals surface area contributed by atoms with Crippen molar-refractivity contribution in [3.05, 3.63) is 53.1 Å². The van der Waals surface area contributed by atoms with Gasteiger partial charge in [0, 0.05) is 19.0 Å². The van der Waals surface area contributed by atoms with Crippen LogP contribution in [0.3, 0.4) is 0 Å². The van der Waals surface area contributed by atoms with E-state index in [4.69, 9.17) is 0 Å². The highest BCUT2D eigenvalue weighted by atomic mass is 32.2. The van der Waals surface area contributed by atoms with Crippen molar-refractivity contribution in [3.63, 3.8) is 0 Å². The van der Waals surface area contributed by atoms with Crippen molar-refractivity contribution in [3.8, 4) is 0 Å². The summed E-state index contributed by atoms with van der Waals surface area (Å²) in [5.74, 6) is -0.306. The predicted molar refractivity (Wildman–Crippen MR) is 120 cm³/mol. The van der Waals surface area contributed by atoms with Crippen LogP contribution in [0.4, 0.5) is 5.13 Å². The molecule has 4 rings (SSSR count). The Morgan fingerprint density at radius 2 is 1.80 bits per heavy atom. The molecule has 0 spiro atoms. The van der Waals surface area contributed by atoms with E-state index in [1.54, 1.807) is 25.1 Å². The Kier molecular flexibility index (Phi) is 5.65. The van der Waals surface area contributed by atoms with E-state index in [2.05, 4.69) is 16.4 Å². The van der Waals surface area contributed by atoms with E-state index in [-0.39, 0.29) is 11.8 Å². The summed E-state index contributed by atoms with van der Waals surface area (Å²) in [6.07, 6.45) is 1.000. The molecule has 0 radical (unpaired) electrons. The van der Waals surface area contributed by atoms with Crippen LogP contribution in [0.25, 0.3) is 10.2 Å². The quantitative estimate of drug-likeness (QED) is 0.653. The summed E-state index contributed by atoms with van der Waals surface area (Å²) in [6.45, 7) is 6.56. The van der Waals surface area contributed by atoms with Gasteiger partial charge in [0.25, 0.3) is 0 Å². The molecule has 1 aliphatic heterocycles. The van der Waals surface area contributed by atoms with E-state index in [9.17, 15) is 13.2 Å². The normalized spacial score (nSPS) is 16.1. The lowest BCUT2D eigenvalue weighted by atomic mass is 9.97. The van der Waals surface area contributed by atoms with Gasteiger partial charge in [0.2, 0.25) is 15.9 Å². The number of hydrogen-bond donors (Lipinski definition) is 1. The van der Waals surface area contributed by atoms with Gasteiger partial charge in [-0.15, -0.1) is 0 Å². The summed E-state index contributed by atoms with van der Waals surface area (Å²) in [5, 5.41) is 3.54. The van der Waals surface area contributed by atoms with Crippen LogP contribution in [0.2, 0.25) is 0 Å². The number of hydrogen-bond acceptors (Lipinski definition) is 5. The van der Waals surface area contributed by atoms with Crippen molar-refractivity contribution in [2.75, 3.05) is 18.4 Å². The van der Waals surface area contributed by atoms with Gasteiger partial charge in [0.15, 0.2) is 5.13 Å². The molecule has 0 aliphatic carbocycles. The number of anilines is 1. The zero-order chi connectivity index (χ0) is 21.5. The van der Waals surface area contributed by atoms with Gasteiger partial charge in [0.05, 0.1) is 15.1 Å². The van der Waals surface area contributed by atoms with Gasteiger partial charge in [0.1, 0.15) is 0 Å². The number of nitrogens with one attached hydrogen (secondary N) is 1. The smallest absolute Gasteiger partial charge is 0.243 e. The first-order valence-electron chi connectivity index (χ1n) is 10.00. The van der Waals surface area contributed by atoms with Gasteiger partial charge in [-0.05, 0) is 62.4 Å². The second-order valence-electron chi connectivity index (χ2n) is 7.88. The summed E-state index contributed by atoms with van der Waals surface area (Å²) in [6, 6.07) is 11.1. The van der Waals surface area contributed by atoms with Gasteiger partial charge in [-0.25, -0.2) is 13.4 Å². The second kappa shape index (κ2) is 8.09. The van der Waals surface area contributed by atoms with E-state index >= 15 is 0 Å². The molecular formula is C22H25N3O3S2. The average Bonchev–Trinajstić information content (AvgIpc) is 3.11. The molecule has 0 unspecified atom stereocenters. The molecule has 2 heterocycles. The Bertz CT molecular complexity index is 1210. The third kappa shape index (κ3) is 3.99. The summed E-state index contributed by atoms with van der Waals surface area (Å²) in [4.78, 5) is 17.7. The highest BCUT2D eigenvalue weighted by molar-refractivity contribution is 7.89. The van der Waals surface area contributed by atoms with Crippen molar-refractivity contribution in [1.82, 2.24) is 9.29 Å². The van der Waals surface area contributed by atoms with Crippen molar-refractivity contribution in [2.24, 2.45) is 5.92 Å². The third-order valence-electron chi connectivity index (χ3n) is 5.59. The molecule has 1 amide bonds. The number of piperidine rings is 1. The Morgan fingerprint density at radius 3 is 2.50 bits per heavy atom. The topological polar surface area (TPSA) is 79.4 Å². The molecule has 158 valence electrons. The first-order chi connectivity index (χ1) is 14.3. The predicted octanol–water partition coefficient (Wildman–Crippen LogP) is 4.26. The number of sulfonamides is 1. The van der Waals surface area contributed by atoms with Gasteiger partial charge < -0.3 is 5.32 Å². The SMILES string of the molecule is Cc1cc(C)c2sc(NC(=O)C3CCN(S(=O)(=O)c4ccccc4C)CC3)nc2c1. The lowest BCUT2D eigenvalue weighted by molar-refractivity contribution is -0.120. The standard InChI is InChI=1S/C22H25N3O3S2/c1-14-12-16(3)20-18(13-14)23-22(29-20)24-21(26)17-8-10-25(11-9-17)30(27,28)19-7-5-4-6-15(19)2/h4-7,12-13,17H,8-11H2,1-3H3,(H,23,24,26). The highest BCUT2D eigenvalue weighted by Gasteiger charge is 2.33. The highest BCUT2D eigenvalue weighted by Crippen LogP contribution is 2.31. The molecule has 3 aromatic rings. The van der Waals surface area contributed by atoms with E-state index in [0.29, 0.717) is 36.0 Å². The van der Waals surface area contributed by atoms with Crippen LogP contribution in [-0.2, 0) is 14.8 Å². The molecule has 0 saturated carbocycles. The summed E-state index contributed by atoms with van der Waals surface area (Å²) in [5.41, 5.74) is 3.92. The summed E-state index contributed by atoms with van der Waals surface area (Å²) >= 11 is 1.48. The van der Waals surface area contributed by atoms with Gasteiger partial charge in [-0.3, -0.25) is 4.79 Å². The number of aromatic nitrogens is 1. The Morgan fingerprint density at radius 1 is 1.10 bits per heavy atom. The molecule has 6 nitrogen and oxygen atoms in total. The van der Waals surface area contributed by atoms with Crippen LogP contribution in [-0.4, -0.2) is 36.7 Å². The Hall–Kier alpha value is -2.29. The number of benzene rings is 2. The molecule has 2 aromatic carbocycles. The number of carbonyl (C=O) groups is 1. The lowest BCUT2D eigenvalue weighted by Gasteiger charge is -2.30. The maximum Gasteiger partial charge on any atom is 0.243 e. The first-order valence-corrected chi connectivity index (χ1v) is 12.3. The van der Waals surface area contributed by atoms with Crippen LogP contribution in [0.5, 0.6) is 0 Å². The molecule has 8 heteroatoms. The third-order valence-corrected chi connectivity index (χ3v) is 8.77. The fraction of sp³-hybridized carbons (Fsp3) is 0.364. The maximum atomic E-state index is 13.0. The maximum absolute atomic E-state index is 13.0. The zero-order valence-corrected chi connectivity index (χ0v) is 18.9. The van der Waals surface area contributed by atoms with E-state index in [0.717, 1.165) is 26.9 Å². The number of aryl methyl sites for hydroxylation is 3. The van der Waals surface area contributed by atoms with Crippen LogP contribution in [0.15, 0.2) is 41.3 Å². The minimum atomic E-state index is -3.54. The van der Waals surface area contributed by atoms with E-state index in [1.165, 1.54) is 15.6 Å². The molecule has 30 heavy (non-hydrogen) atoms. The van der Waals surface area contributed by atoms with Gasteiger partial charge >= 0.3 is 0 Å². The second-order valence-corrected chi connectivity index (χ2v) is 10.8. The number of rotatable bonds is 4. The molecule has 1 aromatic heterocycles. The number of thiazole rings is 1. The minimum absolute atomic E-state index is 0.0867. The number of amides is 1. The Labute approximate surface area is 181 Å². The molecule has 1 aliphatic rings. The van der Waals surface area contributed by atoms with Gasteiger partial charge in [-0.1, -0.05) is 35.6 Å². The number of fused-ring (bicyclic) bond motifs is 1. The number of carbonyl (C=O) groups excluding carboxylic acids is 1. The minimum Gasteiger partial charge on any atom is -0.302 e.